The molecule has 0 spiro atoms. The van der Waals surface area contributed by atoms with Crippen LogP contribution in [0, 0.1) is 0 Å². The van der Waals surface area contributed by atoms with Crippen LogP contribution in [0.15, 0.2) is 42.0 Å². The zero-order chi connectivity index (χ0) is 17.2. The Labute approximate surface area is 149 Å². The summed E-state index contributed by atoms with van der Waals surface area (Å²) in [6.45, 7) is 2.30. The maximum atomic E-state index is 12.7. The van der Waals surface area contributed by atoms with E-state index < -0.39 is 0 Å². The highest BCUT2D eigenvalue weighted by atomic mass is 32.1. The van der Waals surface area contributed by atoms with Crippen molar-refractivity contribution in [3.63, 3.8) is 0 Å². The first-order chi connectivity index (χ1) is 12.2. The second kappa shape index (κ2) is 6.68. The smallest absolute Gasteiger partial charge is 0.254 e. The van der Waals surface area contributed by atoms with E-state index in [4.69, 9.17) is 0 Å². The quantitative estimate of drug-likeness (QED) is 0.784. The Morgan fingerprint density at radius 2 is 1.92 bits per heavy atom. The van der Waals surface area contributed by atoms with Crippen molar-refractivity contribution in [3.05, 3.63) is 52.5 Å². The summed E-state index contributed by atoms with van der Waals surface area (Å²) in [5.41, 5.74) is 2.35. The minimum atomic E-state index is 0.00172. The molecule has 0 atom stereocenters. The van der Waals surface area contributed by atoms with Gasteiger partial charge in [-0.3, -0.25) is 9.59 Å². The summed E-state index contributed by atoms with van der Waals surface area (Å²) < 4.78 is 0. The number of benzene rings is 1. The van der Waals surface area contributed by atoms with Crippen LogP contribution in [-0.4, -0.2) is 57.8 Å². The number of amides is 2. The second-order valence-electron chi connectivity index (χ2n) is 6.06. The molecule has 1 N–H and O–H groups in total. The Hall–Kier alpha value is -2.67. The number of hydrogen-bond acceptors (Lipinski definition) is 4. The minimum Gasteiger partial charge on any atom is -0.345 e. The lowest BCUT2D eigenvalue weighted by Crippen LogP contribution is -2.50. The Bertz CT molecular complexity index is 895. The lowest BCUT2D eigenvalue weighted by molar-refractivity contribution is -0.131. The van der Waals surface area contributed by atoms with Gasteiger partial charge in [0.05, 0.1) is 23.8 Å². The molecular weight excluding hydrogens is 336 g/mol. The molecule has 0 bridgehead atoms. The van der Waals surface area contributed by atoms with Crippen molar-refractivity contribution < 1.29 is 9.59 Å². The van der Waals surface area contributed by atoms with Gasteiger partial charge < -0.3 is 14.8 Å². The maximum Gasteiger partial charge on any atom is 0.254 e. The van der Waals surface area contributed by atoms with Gasteiger partial charge in [0.25, 0.3) is 5.91 Å². The molecule has 6 nitrogen and oxygen atoms in total. The van der Waals surface area contributed by atoms with Gasteiger partial charge in [-0.1, -0.05) is 6.07 Å². The highest BCUT2D eigenvalue weighted by Gasteiger charge is 2.25. The zero-order valence-electron chi connectivity index (χ0n) is 13.6. The van der Waals surface area contributed by atoms with Crippen molar-refractivity contribution in [2.45, 2.75) is 6.42 Å². The summed E-state index contributed by atoms with van der Waals surface area (Å²) in [5, 5.41) is 1.98. The van der Waals surface area contributed by atoms with Crippen LogP contribution in [0.4, 0.5) is 0 Å². The number of piperazine rings is 1. The molecule has 2 amide bonds. The monoisotopic (exact) mass is 354 g/mol. The van der Waals surface area contributed by atoms with E-state index >= 15 is 0 Å². The van der Waals surface area contributed by atoms with Gasteiger partial charge >= 0.3 is 0 Å². The molecule has 0 unspecified atom stereocenters. The van der Waals surface area contributed by atoms with E-state index in [1.165, 1.54) is 0 Å². The topological polar surface area (TPSA) is 69.3 Å². The lowest BCUT2D eigenvalue weighted by atomic mass is 10.1. The average molecular weight is 354 g/mol. The Morgan fingerprint density at radius 1 is 1.12 bits per heavy atom. The number of hydrogen-bond donors (Lipinski definition) is 1. The number of aromatic amines is 1. The number of imidazole rings is 1. The molecule has 1 aliphatic heterocycles. The third-order valence-corrected chi connectivity index (χ3v) is 5.37. The van der Waals surface area contributed by atoms with E-state index in [0.717, 1.165) is 15.9 Å². The third kappa shape index (κ3) is 3.28. The maximum absolute atomic E-state index is 12.7. The van der Waals surface area contributed by atoms with Crippen molar-refractivity contribution >= 4 is 34.2 Å². The average Bonchev–Trinajstić information content (AvgIpc) is 3.32. The normalized spacial score (nSPS) is 14.9. The van der Waals surface area contributed by atoms with Crippen molar-refractivity contribution in [1.29, 1.82) is 0 Å². The summed E-state index contributed by atoms with van der Waals surface area (Å²) in [6.07, 6.45) is 2.07. The summed E-state index contributed by atoms with van der Waals surface area (Å²) in [5.74, 6) is 0.135. The van der Waals surface area contributed by atoms with E-state index in [1.54, 1.807) is 23.7 Å². The van der Waals surface area contributed by atoms with E-state index in [2.05, 4.69) is 9.97 Å². The SMILES string of the molecule is O=C(Cc1cccs1)N1CCN(C(=O)c2ccc3nc[nH]c3c2)CC1. The molecule has 25 heavy (non-hydrogen) atoms. The highest BCUT2D eigenvalue weighted by Crippen LogP contribution is 2.16. The van der Waals surface area contributed by atoms with Crippen LogP contribution in [0.25, 0.3) is 11.0 Å². The van der Waals surface area contributed by atoms with Crippen LogP contribution < -0.4 is 0 Å². The molecule has 1 saturated heterocycles. The molecule has 2 aromatic heterocycles. The molecule has 128 valence electrons. The van der Waals surface area contributed by atoms with E-state index in [0.29, 0.717) is 38.2 Å². The van der Waals surface area contributed by atoms with Crippen LogP contribution in [0.3, 0.4) is 0 Å². The van der Waals surface area contributed by atoms with Gasteiger partial charge in [-0.05, 0) is 29.6 Å². The van der Waals surface area contributed by atoms with Crippen LogP contribution >= 0.6 is 11.3 Å². The molecule has 1 aliphatic rings. The first-order valence-corrected chi connectivity index (χ1v) is 9.11. The highest BCUT2D eigenvalue weighted by molar-refractivity contribution is 7.10. The Kier molecular flexibility index (Phi) is 4.23. The summed E-state index contributed by atoms with van der Waals surface area (Å²) in [4.78, 5) is 37.0. The fraction of sp³-hybridized carbons (Fsp3) is 0.278. The fourth-order valence-electron chi connectivity index (χ4n) is 3.08. The predicted octanol–water partition coefficient (Wildman–Crippen LogP) is 2.15. The molecule has 3 aromatic rings. The van der Waals surface area contributed by atoms with E-state index in [-0.39, 0.29) is 11.8 Å². The van der Waals surface area contributed by atoms with Gasteiger partial charge in [0.2, 0.25) is 5.91 Å². The Morgan fingerprint density at radius 3 is 2.68 bits per heavy atom. The molecule has 1 fully saturated rings. The van der Waals surface area contributed by atoms with Gasteiger partial charge in [-0.2, -0.15) is 0 Å². The number of nitrogens with zero attached hydrogens (tertiary/aromatic N) is 3. The van der Waals surface area contributed by atoms with Crippen molar-refractivity contribution in [2.75, 3.05) is 26.2 Å². The van der Waals surface area contributed by atoms with Crippen LogP contribution in [0.1, 0.15) is 15.2 Å². The first kappa shape index (κ1) is 15.8. The van der Waals surface area contributed by atoms with Gasteiger partial charge in [0.1, 0.15) is 0 Å². The lowest BCUT2D eigenvalue weighted by Gasteiger charge is -2.34. The van der Waals surface area contributed by atoms with Crippen molar-refractivity contribution in [2.24, 2.45) is 0 Å². The molecule has 4 rings (SSSR count). The van der Waals surface area contributed by atoms with Crippen LogP contribution in [-0.2, 0) is 11.2 Å². The van der Waals surface area contributed by atoms with Crippen LogP contribution in [0.2, 0.25) is 0 Å². The number of aromatic nitrogens is 2. The molecule has 3 heterocycles. The van der Waals surface area contributed by atoms with Gasteiger partial charge in [0.15, 0.2) is 0 Å². The molecule has 1 aromatic carbocycles. The summed E-state index contributed by atoms with van der Waals surface area (Å²) in [7, 11) is 0. The summed E-state index contributed by atoms with van der Waals surface area (Å²) >= 11 is 1.60. The second-order valence-corrected chi connectivity index (χ2v) is 7.10. The number of carbonyl (C=O) groups is 2. The van der Waals surface area contributed by atoms with Crippen molar-refractivity contribution in [1.82, 2.24) is 19.8 Å². The number of fused-ring (bicyclic) bond motifs is 1. The molecule has 0 radical (unpaired) electrons. The third-order valence-electron chi connectivity index (χ3n) is 4.49. The molecule has 7 heteroatoms. The number of H-pyrrole nitrogens is 1. The van der Waals surface area contributed by atoms with E-state index in [1.807, 2.05) is 39.4 Å². The standard InChI is InChI=1S/C18H18N4O2S/c23-17(11-14-2-1-9-25-14)21-5-7-22(8-6-21)18(24)13-3-4-15-16(10-13)20-12-19-15/h1-4,9-10,12H,5-8,11H2,(H,19,20). The molecule has 0 saturated carbocycles. The number of carbonyl (C=O) groups excluding carboxylic acids is 2. The molecule has 0 aliphatic carbocycles. The van der Waals surface area contributed by atoms with Gasteiger partial charge in [-0.25, -0.2) is 4.98 Å². The van der Waals surface area contributed by atoms with Gasteiger partial charge in [-0.15, -0.1) is 11.3 Å². The predicted molar refractivity (Wildman–Crippen MR) is 96.6 cm³/mol. The fourth-order valence-corrected chi connectivity index (χ4v) is 3.78. The number of rotatable bonds is 3. The largest absolute Gasteiger partial charge is 0.345 e. The minimum absolute atomic E-state index is 0.00172. The summed E-state index contributed by atoms with van der Waals surface area (Å²) in [6, 6.07) is 9.42. The number of thiophene rings is 1. The zero-order valence-corrected chi connectivity index (χ0v) is 14.5. The van der Waals surface area contributed by atoms with Crippen LogP contribution in [0.5, 0.6) is 0 Å². The molecular formula is C18H18N4O2S. The van der Waals surface area contributed by atoms with Crippen molar-refractivity contribution in [3.8, 4) is 0 Å². The number of nitrogens with one attached hydrogen (secondary N) is 1. The van der Waals surface area contributed by atoms with Gasteiger partial charge in [0, 0.05) is 36.6 Å². The van der Waals surface area contributed by atoms with E-state index in [9.17, 15) is 9.59 Å². The Balaban J connectivity index is 1.37. The first-order valence-electron chi connectivity index (χ1n) is 8.23.